The number of hydrogen-bond acceptors (Lipinski definition) is 3. The molecule has 4 nitrogen and oxygen atoms in total. The molecule has 29 heavy (non-hydrogen) atoms. The van der Waals surface area contributed by atoms with E-state index in [1.54, 1.807) is 0 Å². The van der Waals surface area contributed by atoms with Gasteiger partial charge >= 0.3 is 0 Å². The van der Waals surface area contributed by atoms with Gasteiger partial charge in [0.15, 0.2) is 0 Å². The maximum atomic E-state index is 11.8. The summed E-state index contributed by atoms with van der Waals surface area (Å²) in [7, 11) is -3.20. The molecule has 0 amide bonds. The van der Waals surface area contributed by atoms with E-state index in [1.807, 2.05) is 0 Å². The van der Waals surface area contributed by atoms with Gasteiger partial charge in [-0.3, -0.25) is 0 Å². The lowest BCUT2D eigenvalue weighted by Crippen LogP contribution is -2.50. The minimum absolute atomic E-state index is 0. The van der Waals surface area contributed by atoms with Crippen molar-refractivity contribution in [2.24, 2.45) is 23.2 Å². The first kappa shape index (κ1) is 18.6. The molecule has 2 saturated carbocycles. The van der Waals surface area contributed by atoms with Gasteiger partial charge in [-0.15, -0.1) is 0 Å². The second-order valence-corrected chi connectivity index (χ2v) is 12.3. The average molecular weight is 415 g/mol. The average Bonchev–Trinajstić information content (AvgIpc) is 3.34. The summed E-state index contributed by atoms with van der Waals surface area (Å²) in [5.41, 5.74) is 3.56. The van der Waals surface area contributed by atoms with Crippen LogP contribution in [0, 0.1) is 23.2 Å². The molecule has 1 saturated heterocycles. The number of sulfonamides is 1. The Balaban J connectivity index is 0.00000193. The predicted octanol–water partition coefficient (Wildman–Crippen LogP) is 3.86. The predicted molar refractivity (Wildman–Crippen MR) is 117 cm³/mol. The number of likely N-dealkylation sites (tertiary alicyclic amines) is 1. The molecule has 5 aliphatic rings. The maximum absolute atomic E-state index is 11.8. The van der Waals surface area contributed by atoms with Crippen LogP contribution in [0.5, 0.6) is 0 Å². The molecule has 4 unspecified atom stereocenters. The topological polar surface area (TPSA) is 49.4 Å². The van der Waals surface area contributed by atoms with Crippen LogP contribution in [0.25, 0.3) is 0 Å². The molecule has 158 valence electrons. The quantitative estimate of drug-likeness (QED) is 0.761. The van der Waals surface area contributed by atoms with Crippen LogP contribution in [0.4, 0.5) is 0 Å². The molecule has 0 radical (unpaired) electrons. The molecular formula is C24H34N2O2S. The van der Waals surface area contributed by atoms with Crippen molar-refractivity contribution >= 4 is 10.0 Å². The van der Waals surface area contributed by atoms with E-state index in [2.05, 4.69) is 46.0 Å². The lowest BCUT2D eigenvalue weighted by atomic mass is 9.61. The van der Waals surface area contributed by atoms with E-state index in [-0.39, 0.29) is 12.9 Å². The van der Waals surface area contributed by atoms with Crippen LogP contribution < -0.4 is 4.72 Å². The van der Waals surface area contributed by atoms with Gasteiger partial charge in [-0.05, 0) is 91.3 Å². The van der Waals surface area contributed by atoms with Crippen LogP contribution in [-0.2, 0) is 15.4 Å². The molecule has 1 N–H and O–H groups in total. The monoisotopic (exact) mass is 414 g/mol. The second-order valence-electron chi connectivity index (χ2n) is 10.6. The van der Waals surface area contributed by atoms with E-state index in [4.69, 9.17) is 0 Å². The van der Waals surface area contributed by atoms with Crippen molar-refractivity contribution < 1.29 is 9.84 Å². The van der Waals surface area contributed by atoms with Gasteiger partial charge < -0.3 is 4.90 Å². The molecule has 1 heterocycles. The van der Waals surface area contributed by atoms with Gasteiger partial charge in [0.1, 0.15) is 0 Å². The molecule has 0 bridgehead atoms. The summed E-state index contributed by atoms with van der Waals surface area (Å²) < 4.78 is 26.5. The van der Waals surface area contributed by atoms with E-state index in [0.717, 1.165) is 36.0 Å². The molecule has 5 heteroatoms. The van der Waals surface area contributed by atoms with Crippen LogP contribution >= 0.6 is 0 Å². The Bertz CT molecular complexity index is 969. The van der Waals surface area contributed by atoms with E-state index in [1.165, 1.54) is 62.7 Å². The summed E-state index contributed by atoms with van der Waals surface area (Å²) in [5, 5.41) is 0. The van der Waals surface area contributed by atoms with Crippen molar-refractivity contribution in [1.82, 2.24) is 9.62 Å². The minimum Gasteiger partial charge on any atom is -0.303 e. The van der Waals surface area contributed by atoms with E-state index in [9.17, 15) is 8.42 Å². The Morgan fingerprint density at radius 1 is 1.14 bits per heavy atom. The number of piperidine rings is 1. The zero-order valence-electron chi connectivity index (χ0n) is 17.3. The normalized spacial score (nSPS) is 39.5. The number of benzene rings is 1. The van der Waals surface area contributed by atoms with Gasteiger partial charge in [0.05, 0.1) is 6.26 Å². The Kier molecular flexibility index (Phi) is 3.96. The highest BCUT2D eigenvalue weighted by atomic mass is 32.2. The summed E-state index contributed by atoms with van der Waals surface area (Å²) >= 11 is 0. The fraction of sp³-hybridized carbons (Fsp3) is 0.667. The molecule has 1 aliphatic heterocycles. The largest absolute Gasteiger partial charge is 0.303 e. The Hall–Kier alpha value is -1.17. The zero-order chi connectivity index (χ0) is 19.9. The molecule has 6 rings (SSSR count). The van der Waals surface area contributed by atoms with Crippen molar-refractivity contribution in [3.05, 3.63) is 47.5 Å². The van der Waals surface area contributed by atoms with Crippen molar-refractivity contribution in [1.29, 1.82) is 0 Å². The van der Waals surface area contributed by atoms with E-state index < -0.39 is 10.0 Å². The highest BCUT2D eigenvalue weighted by Gasteiger charge is 2.68. The van der Waals surface area contributed by atoms with Crippen LogP contribution in [0.2, 0.25) is 0 Å². The fourth-order valence-electron chi connectivity index (χ4n) is 7.46. The van der Waals surface area contributed by atoms with Crippen molar-refractivity contribution in [2.75, 3.05) is 25.9 Å². The van der Waals surface area contributed by atoms with Gasteiger partial charge in [0, 0.05) is 14.0 Å². The molecule has 2 spiro atoms. The maximum Gasteiger partial charge on any atom is 0.209 e. The molecular weight excluding hydrogens is 380 g/mol. The van der Waals surface area contributed by atoms with Crippen LogP contribution in [0.15, 0.2) is 36.4 Å². The third-order valence-corrected chi connectivity index (χ3v) is 9.74. The highest BCUT2D eigenvalue weighted by molar-refractivity contribution is 7.88. The standard InChI is InChI=1S/C24H32N2O2S.H2/c1-29(27,28)25-22-8-9-23(21-5-3-2-4-19(21)22)10-12-26(13-11-23)16-17-14-24-15-18(24)6-7-20(17)24;/h2-7,17-18,20,22,25H,8-16H2,1H3;1H/t17?,18?,20?,22-,24?;/m0./s1. The SMILES string of the molecule is CS(=O)(=O)N[C@H]1CCC2(CCN(CC3CC45CC4C=CC35)CC2)c2ccccc21.[HH]. The zero-order valence-corrected chi connectivity index (χ0v) is 18.1. The van der Waals surface area contributed by atoms with Gasteiger partial charge in [-0.25, -0.2) is 13.1 Å². The molecule has 3 fully saturated rings. The number of fused-ring (bicyclic) bond motifs is 2. The van der Waals surface area contributed by atoms with Crippen LogP contribution in [0.1, 0.15) is 57.1 Å². The molecule has 0 aromatic heterocycles. The molecule has 4 aliphatic carbocycles. The van der Waals surface area contributed by atoms with Crippen LogP contribution in [-0.4, -0.2) is 39.2 Å². The molecule has 1 aromatic rings. The van der Waals surface area contributed by atoms with Crippen LogP contribution in [0.3, 0.4) is 0 Å². The summed E-state index contributed by atoms with van der Waals surface area (Å²) in [6, 6.07) is 8.50. The Morgan fingerprint density at radius 2 is 1.93 bits per heavy atom. The minimum atomic E-state index is -3.20. The smallest absolute Gasteiger partial charge is 0.209 e. The summed E-state index contributed by atoms with van der Waals surface area (Å²) in [6.45, 7) is 3.64. The first-order valence-electron chi connectivity index (χ1n) is 11.4. The summed E-state index contributed by atoms with van der Waals surface area (Å²) in [5.74, 6) is 2.69. The lowest BCUT2D eigenvalue weighted by molar-refractivity contribution is 0.0336. The fourth-order valence-corrected chi connectivity index (χ4v) is 8.22. The molecule has 1 aromatic carbocycles. The second kappa shape index (κ2) is 6.18. The molecule has 5 atom stereocenters. The summed E-state index contributed by atoms with van der Waals surface area (Å²) in [4.78, 5) is 2.72. The van der Waals surface area contributed by atoms with Crippen molar-refractivity contribution in [2.45, 2.75) is 50.0 Å². The van der Waals surface area contributed by atoms with Gasteiger partial charge in [-0.1, -0.05) is 36.4 Å². The number of nitrogens with zero attached hydrogens (tertiary/aromatic N) is 1. The Morgan fingerprint density at radius 3 is 2.66 bits per heavy atom. The third-order valence-electron chi connectivity index (χ3n) is 9.02. The Labute approximate surface area is 176 Å². The first-order valence-corrected chi connectivity index (χ1v) is 13.3. The van der Waals surface area contributed by atoms with Crippen molar-refractivity contribution in [3.63, 3.8) is 0 Å². The number of rotatable bonds is 4. The first-order chi connectivity index (χ1) is 13.9. The van der Waals surface area contributed by atoms with Gasteiger partial charge in [-0.2, -0.15) is 0 Å². The third kappa shape index (κ3) is 2.88. The highest BCUT2D eigenvalue weighted by Crippen LogP contribution is 2.75. The van der Waals surface area contributed by atoms with Gasteiger partial charge in [0.25, 0.3) is 0 Å². The van der Waals surface area contributed by atoms with E-state index in [0.29, 0.717) is 0 Å². The van der Waals surface area contributed by atoms with Gasteiger partial charge in [0.2, 0.25) is 10.0 Å². The van der Waals surface area contributed by atoms with Crippen molar-refractivity contribution in [3.8, 4) is 0 Å². The number of nitrogens with one attached hydrogen (secondary N) is 1. The number of hydrogen-bond donors (Lipinski definition) is 1. The number of allylic oxidation sites excluding steroid dienone is 2. The lowest BCUT2D eigenvalue weighted by Gasteiger charge is -2.50. The van der Waals surface area contributed by atoms with E-state index >= 15 is 0 Å². The summed E-state index contributed by atoms with van der Waals surface area (Å²) in [6.07, 6.45) is 13.6.